The zero-order valence-corrected chi connectivity index (χ0v) is 35.2. The highest BCUT2D eigenvalue weighted by Crippen LogP contribution is 2.38. The molecule has 1 N–H and O–H groups in total. The number of amides is 1. The maximum Gasteiger partial charge on any atom is 0.306 e. The zero-order chi connectivity index (χ0) is 40.0. The van der Waals surface area contributed by atoms with Crippen molar-refractivity contribution in [3.8, 4) is 0 Å². The van der Waals surface area contributed by atoms with Crippen LogP contribution in [-0.2, 0) is 47.0 Å². The SMILES string of the molecule is CCCCCCCCCCCCCCC(=O)OCC(COP(=O)([O-])OCCNC(=O)CCOC(=O)CC)OC(=O)CCCCCCCCCCCCCC. The Hall–Kier alpha value is -2.01. The van der Waals surface area contributed by atoms with E-state index >= 15 is 0 Å². The van der Waals surface area contributed by atoms with Crippen LogP contribution < -0.4 is 10.2 Å². The lowest BCUT2D eigenvalue weighted by atomic mass is 10.0. The fourth-order valence-corrected chi connectivity index (χ4v) is 6.59. The molecule has 0 heterocycles. The summed E-state index contributed by atoms with van der Waals surface area (Å²) >= 11 is 0. The molecule has 0 rings (SSSR count). The third-order valence-corrected chi connectivity index (χ3v) is 10.1. The Labute approximate surface area is 327 Å². The Morgan fingerprint density at radius 2 is 0.963 bits per heavy atom. The van der Waals surface area contributed by atoms with Crippen LogP contribution in [0.25, 0.3) is 0 Å². The minimum absolute atomic E-state index is 0.0679. The van der Waals surface area contributed by atoms with Crippen molar-refractivity contribution in [3.63, 3.8) is 0 Å². The largest absolute Gasteiger partial charge is 0.756 e. The van der Waals surface area contributed by atoms with Crippen molar-refractivity contribution in [2.45, 2.75) is 207 Å². The van der Waals surface area contributed by atoms with Gasteiger partial charge < -0.3 is 33.5 Å². The van der Waals surface area contributed by atoms with Crippen LogP contribution in [0.1, 0.15) is 201 Å². The molecule has 0 aliphatic heterocycles. The van der Waals surface area contributed by atoms with Crippen molar-refractivity contribution >= 4 is 31.6 Å². The van der Waals surface area contributed by atoms with Crippen LogP contribution >= 0.6 is 7.82 Å². The van der Waals surface area contributed by atoms with Crippen molar-refractivity contribution in [2.75, 3.05) is 33.0 Å². The van der Waals surface area contributed by atoms with Gasteiger partial charge in [0.2, 0.25) is 5.91 Å². The van der Waals surface area contributed by atoms with Crippen LogP contribution in [0.5, 0.6) is 0 Å². The Bertz CT molecular complexity index is 981. The lowest BCUT2D eigenvalue weighted by Crippen LogP contribution is -2.31. The summed E-state index contributed by atoms with van der Waals surface area (Å²) in [6.07, 6.45) is 27.5. The summed E-state index contributed by atoms with van der Waals surface area (Å²) in [5.74, 6) is -1.81. The van der Waals surface area contributed by atoms with E-state index in [-0.39, 0.29) is 45.4 Å². The molecule has 2 unspecified atom stereocenters. The van der Waals surface area contributed by atoms with Crippen LogP contribution in [0, 0.1) is 0 Å². The number of esters is 3. The molecule has 0 aromatic rings. The molecule has 0 aromatic heterocycles. The van der Waals surface area contributed by atoms with Gasteiger partial charge in [0.15, 0.2) is 6.10 Å². The first-order chi connectivity index (χ1) is 26.1. The Morgan fingerprint density at radius 3 is 1.43 bits per heavy atom. The first kappa shape index (κ1) is 52.0. The van der Waals surface area contributed by atoms with E-state index in [4.69, 9.17) is 23.3 Å². The average Bonchev–Trinajstić information content (AvgIpc) is 3.15. The van der Waals surface area contributed by atoms with Gasteiger partial charge in [-0.25, -0.2) is 0 Å². The number of ether oxygens (including phenoxy) is 3. The third-order valence-electron chi connectivity index (χ3n) is 9.17. The quantitative estimate of drug-likeness (QED) is 0.0272. The number of phosphoric acid groups is 1. The average molecular weight is 791 g/mol. The van der Waals surface area contributed by atoms with Crippen molar-refractivity contribution in [3.05, 3.63) is 0 Å². The molecular formula is C41H77NO11P-. The summed E-state index contributed by atoms with van der Waals surface area (Å²) in [6, 6.07) is 0. The standard InChI is InChI=1S/C41H78NO11P/c1-4-7-9-11-13-15-17-19-21-23-25-27-29-40(45)50-35-37(53-41(46)30-28-26-24-22-20-18-16-14-12-10-8-5-2)36-52-54(47,48)51-34-32-42-38(43)31-33-49-39(44)6-3/h37H,4-36H2,1-3H3,(H,42,43)(H,47,48)/p-1. The summed E-state index contributed by atoms with van der Waals surface area (Å²) in [5, 5.41) is 2.47. The summed E-state index contributed by atoms with van der Waals surface area (Å²) in [5.41, 5.74) is 0. The molecular weight excluding hydrogens is 713 g/mol. The Balaban J connectivity index is 4.55. The zero-order valence-electron chi connectivity index (χ0n) is 34.3. The molecule has 0 saturated carbocycles. The summed E-state index contributed by atoms with van der Waals surface area (Å²) in [6.45, 7) is 4.60. The van der Waals surface area contributed by atoms with Gasteiger partial charge in [0.1, 0.15) is 13.2 Å². The first-order valence-corrected chi connectivity index (χ1v) is 23.0. The predicted octanol–water partition coefficient (Wildman–Crippen LogP) is 9.58. The molecule has 0 fully saturated rings. The lowest BCUT2D eigenvalue weighted by Gasteiger charge is -2.25. The van der Waals surface area contributed by atoms with Crippen molar-refractivity contribution in [2.24, 2.45) is 0 Å². The highest BCUT2D eigenvalue weighted by Gasteiger charge is 2.21. The van der Waals surface area contributed by atoms with Crippen LogP contribution in [0.15, 0.2) is 0 Å². The van der Waals surface area contributed by atoms with Gasteiger partial charge in [-0.3, -0.25) is 23.7 Å². The molecule has 318 valence electrons. The third kappa shape index (κ3) is 36.9. The monoisotopic (exact) mass is 791 g/mol. The number of phosphoric ester groups is 1. The van der Waals surface area contributed by atoms with Gasteiger partial charge in [-0.1, -0.05) is 162 Å². The summed E-state index contributed by atoms with van der Waals surface area (Å²) in [7, 11) is -4.83. The smallest absolute Gasteiger partial charge is 0.306 e. The molecule has 0 aromatic carbocycles. The molecule has 54 heavy (non-hydrogen) atoms. The maximum absolute atomic E-state index is 12.6. The highest BCUT2D eigenvalue weighted by atomic mass is 31.2. The molecule has 13 heteroatoms. The van der Waals surface area contributed by atoms with Gasteiger partial charge in [-0.2, -0.15) is 0 Å². The maximum atomic E-state index is 12.6. The summed E-state index contributed by atoms with van der Waals surface area (Å²) < 4.78 is 37.9. The Kier molecular flexibility index (Phi) is 36.5. The molecule has 0 spiro atoms. The van der Waals surface area contributed by atoms with Gasteiger partial charge in [0.25, 0.3) is 7.82 Å². The number of hydrogen-bond acceptors (Lipinski definition) is 11. The molecule has 0 bridgehead atoms. The number of rotatable bonds is 40. The Morgan fingerprint density at radius 1 is 0.519 bits per heavy atom. The van der Waals surface area contributed by atoms with Gasteiger partial charge in [-0.15, -0.1) is 0 Å². The topological polar surface area (TPSA) is 167 Å². The second-order valence-electron chi connectivity index (χ2n) is 14.3. The van der Waals surface area contributed by atoms with Crippen molar-refractivity contribution in [1.82, 2.24) is 5.32 Å². The van der Waals surface area contributed by atoms with E-state index in [1.165, 1.54) is 103 Å². The van der Waals surface area contributed by atoms with Gasteiger partial charge in [0.05, 0.1) is 19.6 Å². The first-order valence-electron chi connectivity index (χ1n) is 21.5. The lowest BCUT2D eigenvalue weighted by molar-refractivity contribution is -0.228. The highest BCUT2D eigenvalue weighted by molar-refractivity contribution is 7.45. The molecule has 0 radical (unpaired) electrons. The minimum atomic E-state index is -4.83. The number of carbonyl (C=O) groups excluding carboxylic acids is 4. The van der Waals surface area contributed by atoms with E-state index in [1.54, 1.807) is 6.92 Å². The molecule has 0 aliphatic rings. The van der Waals surface area contributed by atoms with E-state index in [2.05, 4.69) is 19.2 Å². The van der Waals surface area contributed by atoms with Crippen LogP contribution in [-0.4, -0.2) is 62.9 Å². The van der Waals surface area contributed by atoms with E-state index in [0.29, 0.717) is 12.8 Å². The number of nitrogens with one attached hydrogen (secondary N) is 1. The normalized spacial score (nSPS) is 12.9. The van der Waals surface area contributed by atoms with Gasteiger partial charge >= 0.3 is 17.9 Å². The van der Waals surface area contributed by atoms with E-state index in [0.717, 1.165) is 38.5 Å². The molecule has 12 nitrogen and oxygen atoms in total. The van der Waals surface area contributed by atoms with Crippen LogP contribution in [0.2, 0.25) is 0 Å². The number of hydrogen-bond donors (Lipinski definition) is 1. The second kappa shape index (κ2) is 37.9. The predicted molar refractivity (Wildman–Crippen MR) is 211 cm³/mol. The fourth-order valence-electron chi connectivity index (χ4n) is 5.85. The second-order valence-corrected chi connectivity index (χ2v) is 15.7. The van der Waals surface area contributed by atoms with Gasteiger partial charge in [-0.05, 0) is 12.8 Å². The molecule has 0 aliphatic carbocycles. The van der Waals surface area contributed by atoms with Crippen molar-refractivity contribution < 1.29 is 51.9 Å². The van der Waals surface area contributed by atoms with E-state index in [9.17, 15) is 28.6 Å². The molecule has 1 amide bonds. The van der Waals surface area contributed by atoms with Gasteiger partial charge in [0, 0.05) is 25.8 Å². The van der Waals surface area contributed by atoms with Crippen molar-refractivity contribution in [1.29, 1.82) is 0 Å². The molecule has 0 saturated heterocycles. The molecule has 2 atom stereocenters. The minimum Gasteiger partial charge on any atom is -0.756 e. The fraction of sp³-hybridized carbons (Fsp3) is 0.902. The van der Waals surface area contributed by atoms with Crippen LogP contribution in [0.4, 0.5) is 0 Å². The number of unbranched alkanes of at least 4 members (excludes halogenated alkanes) is 22. The summed E-state index contributed by atoms with van der Waals surface area (Å²) in [4.78, 5) is 60.5. The van der Waals surface area contributed by atoms with Crippen LogP contribution in [0.3, 0.4) is 0 Å². The number of carbonyl (C=O) groups is 4. The van der Waals surface area contributed by atoms with E-state index in [1.807, 2.05) is 0 Å². The van der Waals surface area contributed by atoms with E-state index < -0.39 is 51.0 Å².